The molecular weight excluding hydrogens is 350 g/mol. The molecule has 1 unspecified atom stereocenters. The summed E-state index contributed by atoms with van der Waals surface area (Å²) in [6.07, 6.45) is 1.82. The number of nitrogens with one attached hydrogen (secondary N) is 1. The molecule has 2 aromatic rings. The molecule has 0 aromatic carbocycles. The molecule has 8 heteroatoms. The lowest BCUT2D eigenvalue weighted by Crippen LogP contribution is -2.41. The quantitative estimate of drug-likeness (QED) is 0.887. The fourth-order valence-corrected chi connectivity index (χ4v) is 5.24. The summed E-state index contributed by atoms with van der Waals surface area (Å²) in [5.74, 6) is 0.814. The van der Waals surface area contributed by atoms with Gasteiger partial charge in [0, 0.05) is 21.7 Å². The SMILES string of the molecule is Cc1cc(C)c(C(=O)N2CSCC2C(=O)/N=c2\[nH]cc(C)s2)s1. The summed E-state index contributed by atoms with van der Waals surface area (Å²) >= 11 is 4.51. The third-order valence-electron chi connectivity index (χ3n) is 3.53. The molecule has 1 fully saturated rings. The van der Waals surface area contributed by atoms with Gasteiger partial charge < -0.3 is 9.88 Å². The van der Waals surface area contributed by atoms with Crippen LogP contribution in [0, 0.1) is 20.8 Å². The molecule has 1 aliphatic rings. The first kappa shape index (κ1) is 16.5. The topological polar surface area (TPSA) is 65.5 Å². The minimum Gasteiger partial charge on any atom is -0.337 e. The van der Waals surface area contributed by atoms with Crippen LogP contribution in [0.5, 0.6) is 0 Å². The van der Waals surface area contributed by atoms with Gasteiger partial charge in [-0.3, -0.25) is 9.59 Å². The van der Waals surface area contributed by atoms with Crippen LogP contribution in [0.4, 0.5) is 0 Å². The smallest absolute Gasteiger partial charge is 0.272 e. The predicted octanol–water partition coefficient (Wildman–Crippen LogP) is 2.71. The van der Waals surface area contributed by atoms with Crippen molar-refractivity contribution in [1.82, 2.24) is 9.88 Å². The average molecular weight is 368 g/mol. The van der Waals surface area contributed by atoms with E-state index in [4.69, 9.17) is 0 Å². The molecule has 0 radical (unpaired) electrons. The van der Waals surface area contributed by atoms with E-state index >= 15 is 0 Å². The van der Waals surface area contributed by atoms with Crippen LogP contribution in [0.15, 0.2) is 17.3 Å². The summed E-state index contributed by atoms with van der Waals surface area (Å²) in [5, 5.41) is 0. The molecule has 23 heavy (non-hydrogen) atoms. The number of carbonyl (C=O) groups is 2. The van der Waals surface area contributed by atoms with Crippen molar-refractivity contribution in [1.29, 1.82) is 0 Å². The zero-order valence-electron chi connectivity index (χ0n) is 13.1. The Bertz CT molecular complexity index is 818. The molecular formula is C15H17N3O2S3. The summed E-state index contributed by atoms with van der Waals surface area (Å²) in [5.41, 5.74) is 0.972. The van der Waals surface area contributed by atoms with Crippen molar-refractivity contribution in [3.63, 3.8) is 0 Å². The molecule has 0 saturated carbocycles. The van der Waals surface area contributed by atoms with Crippen molar-refractivity contribution in [2.75, 3.05) is 11.6 Å². The van der Waals surface area contributed by atoms with Crippen molar-refractivity contribution < 1.29 is 9.59 Å². The van der Waals surface area contributed by atoms with E-state index in [2.05, 4.69) is 9.98 Å². The van der Waals surface area contributed by atoms with Crippen molar-refractivity contribution in [3.8, 4) is 0 Å². The van der Waals surface area contributed by atoms with Crippen molar-refractivity contribution in [2.45, 2.75) is 26.8 Å². The van der Waals surface area contributed by atoms with Crippen molar-refractivity contribution in [2.24, 2.45) is 4.99 Å². The number of aromatic amines is 1. The number of thiophene rings is 1. The largest absolute Gasteiger partial charge is 0.337 e. The summed E-state index contributed by atoms with van der Waals surface area (Å²) < 4.78 is 0. The highest BCUT2D eigenvalue weighted by molar-refractivity contribution is 7.99. The van der Waals surface area contributed by atoms with Gasteiger partial charge in [-0.1, -0.05) is 0 Å². The van der Waals surface area contributed by atoms with Crippen LogP contribution < -0.4 is 4.80 Å². The third kappa shape index (κ3) is 3.44. The van der Waals surface area contributed by atoms with Crippen LogP contribution >= 0.6 is 34.4 Å². The molecule has 3 rings (SSSR count). The maximum absolute atomic E-state index is 12.8. The van der Waals surface area contributed by atoms with E-state index in [0.717, 1.165) is 20.2 Å². The zero-order chi connectivity index (χ0) is 16.6. The highest BCUT2D eigenvalue weighted by atomic mass is 32.2. The van der Waals surface area contributed by atoms with Crippen LogP contribution in [0.3, 0.4) is 0 Å². The Morgan fingerprint density at radius 3 is 2.65 bits per heavy atom. The van der Waals surface area contributed by atoms with E-state index in [1.807, 2.05) is 33.0 Å². The second-order valence-corrected chi connectivity index (χ2v) is 8.91. The Morgan fingerprint density at radius 2 is 2.04 bits per heavy atom. The van der Waals surface area contributed by atoms with Gasteiger partial charge in [-0.05, 0) is 32.4 Å². The Kier molecular flexibility index (Phi) is 4.74. The highest BCUT2D eigenvalue weighted by Gasteiger charge is 2.36. The first-order valence-corrected chi connectivity index (χ1v) is 9.94. The number of hydrogen-bond donors (Lipinski definition) is 1. The van der Waals surface area contributed by atoms with Gasteiger partial charge in [-0.2, -0.15) is 4.99 Å². The van der Waals surface area contributed by atoms with E-state index in [1.165, 1.54) is 22.7 Å². The number of H-pyrrole nitrogens is 1. The van der Waals surface area contributed by atoms with Crippen LogP contribution in [0.25, 0.3) is 0 Å². The first-order valence-electron chi connectivity index (χ1n) is 7.15. The van der Waals surface area contributed by atoms with Gasteiger partial charge in [0.05, 0.1) is 10.8 Å². The van der Waals surface area contributed by atoms with Crippen LogP contribution in [0.1, 0.15) is 25.0 Å². The number of nitrogens with zero attached hydrogens (tertiary/aromatic N) is 2. The first-order chi connectivity index (χ1) is 11.0. The second-order valence-electron chi connectivity index (χ2n) is 5.42. The molecule has 1 aliphatic heterocycles. The Labute approximate surface area is 146 Å². The van der Waals surface area contributed by atoms with Gasteiger partial charge in [0.2, 0.25) is 0 Å². The average Bonchev–Trinajstić information content (AvgIpc) is 3.19. The minimum absolute atomic E-state index is 0.0644. The number of hydrogen-bond acceptors (Lipinski definition) is 5. The van der Waals surface area contributed by atoms with E-state index in [1.54, 1.807) is 16.7 Å². The fraction of sp³-hybridized carbons (Fsp3) is 0.400. The number of amides is 2. The Morgan fingerprint density at radius 1 is 1.26 bits per heavy atom. The lowest BCUT2D eigenvalue weighted by molar-refractivity contribution is -0.121. The minimum atomic E-state index is -0.481. The summed E-state index contributed by atoms with van der Waals surface area (Å²) in [7, 11) is 0. The van der Waals surface area contributed by atoms with Crippen LogP contribution in [-0.4, -0.2) is 39.4 Å². The van der Waals surface area contributed by atoms with Gasteiger partial charge >= 0.3 is 0 Å². The summed E-state index contributed by atoms with van der Waals surface area (Å²) in [4.78, 5) is 37.5. The van der Waals surface area contributed by atoms with E-state index in [9.17, 15) is 9.59 Å². The molecule has 3 heterocycles. The molecule has 1 N–H and O–H groups in total. The molecule has 0 bridgehead atoms. The molecule has 0 aliphatic carbocycles. The zero-order valence-corrected chi connectivity index (χ0v) is 15.5. The summed E-state index contributed by atoms with van der Waals surface area (Å²) in [6.45, 7) is 5.87. The highest BCUT2D eigenvalue weighted by Crippen LogP contribution is 2.28. The van der Waals surface area contributed by atoms with Crippen LogP contribution in [-0.2, 0) is 4.79 Å². The Hall–Kier alpha value is -1.38. The molecule has 1 saturated heterocycles. The van der Waals surface area contributed by atoms with E-state index < -0.39 is 6.04 Å². The summed E-state index contributed by atoms with van der Waals surface area (Å²) in [6, 6.07) is 1.52. The number of aryl methyl sites for hydroxylation is 3. The lowest BCUT2D eigenvalue weighted by Gasteiger charge is -2.20. The molecule has 2 amide bonds. The molecule has 5 nitrogen and oxygen atoms in total. The van der Waals surface area contributed by atoms with Crippen molar-refractivity contribution >= 4 is 46.2 Å². The normalized spacial score (nSPS) is 18.7. The van der Waals surface area contributed by atoms with Gasteiger partial charge in [0.15, 0.2) is 4.80 Å². The van der Waals surface area contributed by atoms with E-state index in [0.29, 0.717) is 16.4 Å². The number of carbonyl (C=O) groups excluding carboxylic acids is 2. The molecule has 0 spiro atoms. The number of thioether (sulfide) groups is 1. The number of aromatic nitrogens is 1. The maximum Gasteiger partial charge on any atom is 0.272 e. The maximum atomic E-state index is 12.8. The second kappa shape index (κ2) is 6.62. The standard InChI is InChI=1S/C15H17N3O2S3/c1-8-4-9(2)22-12(8)14(20)18-7-21-6-11(18)13(19)17-15-16-5-10(3)23-15/h4-5,11H,6-7H2,1-3H3,(H,16,17,19). The van der Waals surface area contributed by atoms with Gasteiger partial charge in [-0.15, -0.1) is 34.4 Å². The number of rotatable bonds is 2. The lowest BCUT2D eigenvalue weighted by atomic mass is 10.2. The van der Waals surface area contributed by atoms with Gasteiger partial charge in [-0.25, -0.2) is 0 Å². The van der Waals surface area contributed by atoms with Gasteiger partial charge in [0.1, 0.15) is 6.04 Å². The monoisotopic (exact) mass is 367 g/mol. The van der Waals surface area contributed by atoms with Crippen molar-refractivity contribution in [3.05, 3.63) is 37.3 Å². The molecule has 2 aromatic heterocycles. The third-order valence-corrected chi connectivity index (χ3v) is 6.53. The predicted molar refractivity (Wildman–Crippen MR) is 95.1 cm³/mol. The molecule has 1 atom stereocenters. The Balaban J connectivity index is 1.84. The van der Waals surface area contributed by atoms with Gasteiger partial charge in [0.25, 0.3) is 11.8 Å². The number of thiazole rings is 1. The molecule has 122 valence electrons. The van der Waals surface area contributed by atoms with E-state index in [-0.39, 0.29) is 11.8 Å². The fourth-order valence-electron chi connectivity index (χ4n) is 2.44. The van der Waals surface area contributed by atoms with Crippen LogP contribution in [0.2, 0.25) is 0 Å².